The van der Waals surface area contributed by atoms with Crippen LogP contribution in [0.1, 0.15) is 6.92 Å². The predicted molar refractivity (Wildman–Crippen MR) is 36.8 cm³/mol. The standard InChI is InChI=1S/C5H8O5S/c1-4(2)5(6)10-11(7,8)9-3/h1H2,2-3H3. The average molecular weight is 180 g/mol. The molecule has 6 heteroatoms. The fourth-order valence-electron chi connectivity index (χ4n) is 0.198. The Kier molecular flexibility index (Phi) is 3.21. The molecule has 0 N–H and O–H groups in total. The monoisotopic (exact) mass is 180 g/mol. The van der Waals surface area contributed by atoms with Crippen LogP contribution in [0, 0.1) is 0 Å². The number of hydrogen-bond acceptors (Lipinski definition) is 5. The number of hydrogen-bond donors (Lipinski definition) is 0. The molecule has 0 amide bonds. The quantitative estimate of drug-likeness (QED) is 0.571. The Balaban J connectivity index is 4.29. The van der Waals surface area contributed by atoms with Crippen molar-refractivity contribution in [2.75, 3.05) is 7.11 Å². The lowest BCUT2D eigenvalue weighted by atomic mass is 10.4. The molecule has 0 aromatic heterocycles. The summed E-state index contributed by atoms with van der Waals surface area (Å²) in [5, 5.41) is 0. The van der Waals surface area contributed by atoms with Crippen molar-refractivity contribution in [3.05, 3.63) is 12.2 Å². The van der Waals surface area contributed by atoms with E-state index in [0.29, 0.717) is 0 Å². The van der Waals surface area contributed by atoms with E-state index in [9.17, 15) is 13.2 Å². The summed E-state index contributed by atoms with van der Waals surface area (Å²) in [7, 11) is -3.28. The lowest BCUT2D eigenvalue weighted by molar-refractivity contribution is -0.130. The molecule has 0 aromatic carbocycles. The molecule has 0 spiro atoms. The largest absolute Gasteiger partial charge is 0.451 e. The molecule has 0 heterocycles. The summed E-state index contributed by atoms with van der Waals surface area (Å²) in [5.41, 5.74) is -0.00868. The second-order valence-electron chi connectivity index (χ2n) is 1.73. The van der Waals surface area contributed by atoms with Gasteiger partial charge in [-0.2, -0.15) is 8.42 Å². The molecule has 0 aliphatic rings. The van der Waals surface area contributed by atoms with Crippen LogP contribution in [0.15, 0.2) is 12.2 Å². The van der Waals surface area contributed by atoms with Crippen molar-refractivity contribution < 1.29 is 21.6 Å². The predicted octanol–water partition coefficient (Wildman–Crippen LogP) is -0.00310. The number of rotatable bonds is 3. The maximum atomic E-state index is 10.5. The van der Waals surface area contributed by atoms with Gasteiger partial charge < -0.3 is 4.18 Å². The van der Waals surface area contributed by atoms with E-state index in [1.165, 1.54) is 6.92 Å². The summed E-state index contributed by atoms with van der Waals surface area (Å²) in [4.78, 5) is 10.5. The van der Waals surface area contributed by atoms with Crippen LogP contribution in [0.2, 0.25) is 0 Å². The summed E-state index contributed by atoms with van der Waals surface area (Å²) in [5.74, 6) is -1.02. The van der Waals surface area contributed by atoms with Crippen molar-refractivity contribution in [2.45, 2.75) is 6.92 Å². The van der Waals surface area contributed by atoms with Gasteiger partial charge in [-0.05, 0) is 6.92 Å². The SMILES string of the molecule is C=C(C)C(=O)OS(=O)(=O)OC. The maximum Gasteiger partial charge on any atom is 0.451 e. The lowest BCUT2D eigenvalue weighted by Gasteiger charge is -2.00. The lowest BCUT2D eigenvalue weighted by Crippen LogP contribution is -2.14. The molecule has 0 aromatic rings. The van der Waals surface area contributed by atoms with Crippen molar-refractivity contribution in [2.24, 2.45) is 0 Å². The fraction of sp³-hybridized carbons (Fsp3) is 0.400. The van der Waals surface area contributed by atoms with E-state index in [-0.39, 0.29) is 5.57 Å². The molecule has 0 bridgehead atoms. The summed E-state index contributed by atoms with van der Waals surface area (Å²) in [6.07, 6.45) is 0. The highest BCUT2D eigenvalue weighted by atomic mass is 32.3. The first-order valence-electron chi connectivity index (χ1n) is 2.59. The highest BCUT2D eigenvalue weighted by molar-refractivity contribution is 7.82. The fourth-order valence-corrected chi connectivity index (χ4v) is 0.594. The molecule has 11 heavy (non-hydrogen) atoms. The second kappa shape index (κ2) is 3.49. The van der Waals surface area contributed by atoms with E-state index in [4.69, 9.17) is 0 Å². The average Bonchev–Trinajstić information content (AvgIpc) is 1.87. The third-order valence-corrected chi connectivity index (χ3v) is 1.49. The van der Waals surface area contributed by atoms with E-state index in [0.717, 1.165) is 7.11 Å². The van der Waals surface area contributed by atoms with Crippen molar-refractivity contribution in [3.63, 3.8) is 0 Å². The molecule has 0 saturated heterocycles. The van der Waals surface area contributed by atoms with Gasteiger partial charge >= 0.3 is 16.4 Å². The molecule has 0 radical (unpaired) electrons. The van der Waals surface area contributed by atoms with Gasteiger partial charge in [0, 0.05) is 5.57 Å². The van der Waals surface area contributed by atoms with Crippen molar-refractivity contribution in [3.8, 4) is 0 Å². The molecule has 0 unspecified atom stereocenters. The Morgan fingerprint density at radius 2 is 1.91 bits per heavy atom. The van der Waals surface area contributed by atoms with Crippen molar-refractivity contribution in [1.29, 1.82) is 0 Å². The molecule has 0 saturated carbocycles. The van der Waals surface area contributed by atoms with E-state index in [1.807, 2.05) is 0 Å². The van der Waals surface area contributed by atoms with Gasteiger partial charge in [-0.15, -0.1) is 0 Å². The van der Waals surface area contributed by atoms with Crippen LogP contribution >= 0.6 is 0 Å². The van der Waals surface area contributed by atoms with Gasteiger partial charge in [0.1, 0.15) is 0 Å². The third-order valence-electron chi connectivity index (χ3n) is 0.730. The molecular weight excluding hydrogens is 172 g/mol. The van der Waals surface area contributed by atoms with Gasteiger partial charge in [0.05, 0.1) is 7.11 Å². The Morgan fingerprint density at radius 3 is 2.18 bits per heavy atom. The number of carbonyl (C=O) groups is 1. The first-order valence-corrected chi connectivity index (χ1v) is 3.92. The van der Waals surface area contributed by atoms with Crippen molar-refractivity contribution >= 4 is 16.4 Å². The molecular formula is C5H8O5S. The first kappa shape index (κ1) is 10.1. The Bertz CT molecular complexity index is 263. The van der Waals surface area contributed by atoms with Crippen molar-refractivity contribution in [1.82, 2.24) is 0 Å². The Hall–Kier alpha value is -0.880. The zero-order valence-electron chi connectivity index (χ0n) is 6.16. The molecule has 0 aliphatic heterocycles. The van der Waals surface area contributed by atoms with Gasteiger partial charge in [0.2, 0.25) is 0 Å². The zero-order valence-corrected chi connectivity index (χ0v) is 6.97. The van der Waals surface area contributed by atoms with Crippen LogP contribution < -0.4 is 0 Å². The van der Waals surface area contributed by atoms with Gasteiger partial charge in [0.25, 0.3) is 0 Å². The highest BCUT2D eigenvalue weighted by Gasteiger charge is 2.15. The summed E-state index contributed by atoms with van der Waals surface area (Å²) in [6, 6.07) is 0. The summed E-state index contributed by atoms with van der Waals surface area (Å²) in [6.45, 7) is 4.51. The van der Waals surface area contributed by atoms with Crippen LogP contribution in [0.3, 0.4) is 0 Å². The smallest absolute Gasteiger partial charge is 0.320 e. The Morgan fingerprint density at radius 1 is 1.45 bits per heavy atom. The molecule has 64 valence electrons. The topological polar surface area (TPSA) is 69.7 Å². The summed E-state index contributed by atoms with van der Waals surface area (Å²) < 4.78 is 28.5. The summed E-state index contributed by atoms with van der Waals surface area (Å²) >= 11 is 0. The van der Waals surface area contributed by atoms with Crippen LogP contribution in [0.25, 0.3) is 0 Å². The minimum Gasteiger partial charge on any atom is -0.320 e. The van der Waals surface area contributed by atoms with E-state index < -0.39 is 16.4 Å². The molecule has 5 nitrogen and oxygen atoms in total. The van der Waals surface area contributed by atoms with Gasteiger partial charge in [0.15, 0.2) is 0 Å². The third kappa shape index (κ3) is 3.74. The van der Waals surface area contributed by atoms with E-state index in [2.05, 4.69) is 14.9 Å². The molecule has 0 aliphatic carbocycles. The van der Waals surface area contributed by atoms with Gasteiger partial charge in [-0.3, -0.25) is 0 Å². The first-order chi connectivity index (χ1) is 4.89. The van der Waals surface area contributed by atoms with Gasteiger partial charge in [-0.1, -0.05) is 6.58 Å². The maximum absolute atomic E-state index is 10.5. The molecule has 0 rings (SSSR count). The second-order valence-corrected chi connectivity index (χ2v) is 3.04. The minimum absolute atomic E-state index is 0.00868. The van der Waals surface area contributed by atoms with Crippen LogP contribution in [-0.4, -0.2) is 21.5 Å². The normalized spacial score (nSPS) is 10.7. The number of carbonyl (C=O) groups excluding carboxylic acids is 1. The minimum atomic E-state index is -4.17. The Labute approximate surface area is 64.9 Å². The zero-order chi connectivity index (χ0) is 9.07. The van der Waals surface area contributed by atoms with Crippen LogP contribution in [0.4, 0.5) is 0 Å². The highest BCUT2D eigenvalue weighted by Crippen LogP contribution is 1.99. The van der Waals surface area contributed by atoms with Gasteiger partial charge in [-0.25, -0.2) is 8.98 Å². The molecule has 0 atom stereocenters. The van der Waals surface area contributed by atoms with E-state index in [1.54, 1.807) is 0 Å². The van der Waals surface area contributed by atoms with Crippen LogP contribution in [0.5, 0.6) is 0 Å². The molecule has 0 fully saturated rings. The van der Waals surface area contributed by atoms with E-state index >= 15 is 0 Å². The van der Waals surface area contributed by atoms with Crippen LogP contribution in [-0.2, 0) is 23.6 Å².